The van der Waals surface area contributed by atoms with Crippen molar-refractivity contribution < 1.29 is 14.3 Å². The zero-order valence-electron chi connectivity index (χ0n) is 18.5. The van der Waals surface area contributed by atoms with E-state index in [4.69, 9.17) is 9.47 Å². The Hall–Kier alpha value is -3.52. The maximum absolute atomic E-state index is 13.1. The third-order valence-electron chi connectivity index (χ3n) is 5.71. The van der Waals surface area contributed by atoms with E-state index >= 15 is 0 Å². The predicted octanol–water partition coefficient (Wildman–Crippen LogP) is 4.50. The van der Waals surface area contributed by atoms with Gasteiger partial charge in [0.15, 0.2) is 28.5 Å². The second-order valence-corrected chi connectivity index (χ2v) is 8.87. The molecule has 0 N–H and O–H groups in total. The summed E-state index contributed by atoms with van der Waals surface area (Å²) in [6.07, 6.45) is 1.55. The van der Waals surface area contributed by atoms with Crippen molar-refractivity contribution in [1.82, 2.24) is 19.3 Å². The minimum atomic E-state index is -0.119. The lowest BCUT2D eigenvalue weighted by Crippen LogP contribution is -2.33. The zero-order chi connectivity index (χ0) is 22.8. The highest BCUT2D eigenvalue weighted by atomic mass is 32.2. The van der Waals surface area contributed by atoms with Crippen LogP contribution in [0.15, 0.2) is 72.1 Å². The van der Waals surface area contributed by atoms with Gasteiger partial charge in [-0.25, -0.2) is 0 Å². The monoisotopic (exact) mass is 460 g/mol. The number of thioether (sulfide) groups is 1. The molecule has 8 heteroatoms. The Kier molecular flexibility index (Phi) is 5.92. The molecule has 0 spiro atoms. The Bertz CT molecular complexity index is 1280. The Labute approximate surface area is 196 Å². The molecule has 3 heterocycles. The second-order valence-electron chi connectivity index (χ2n) is 7.92. The maximum Gasteiger partial charge on any atom is 0.196 e. The number of fused-ring (bicyclic) bond motifs is 1. The summed E-state index contributed by atoms with van der Waals surface area (Å²) in [5, 5.41) is 8.89. The molecule has 1 aliphatic heterocycles. The first-order valence-corrected chi connectivity index (χ1v) is 11.8. The number of aromatic nitrogens is 4. The smallest absolute Gasteiger partial charge is 0.196 e. The number of para-hydroxylation sites is 3. The van der Waals surface area contributed by atoms with E-state index in [1.54, 1.807) is 6.33 Å². The summed E-state index contributed by atoms with van der Waals surface area (Å²) < 4.78 is 16.0. The fourth-order valence-electron chi connectivity index (χ4n) is 4.02. The molecule has 4 aromatic rings. The number of carbonyl (C=O) groups is 1. The molecule has 0 fully saturated rings. The van der Waals surface area contributed by atoms with Crippen molar-refractivity contribution in [3.8, 4) is 17.2 Å². The number of aryl methyl sites for hydroxylation is 1. The van der Waals surface area contributed by atoms with Gasteiger partial charge in [-0.05, 0) is 44.2 Å². The molecule has 0 saturated carbocycles. The second kappa shape index (κ2) is 9.15. The number of ketones is 1. The van der Waals surface area contributed by atoms with Crippen LogP contribution >= 0.6 is 11.8 Å². The number of Topliss-reactive ketones (excluding diaryl/α,β-unsaturated/α-hetero) is 1. The third-order valence-corrected chi connectivity index (χ3v) is 6.65. The summed E-state index contributed by atoms with van der Waals surface area (Å²) in [6, 6.07) is 19.5. The Morgan fingerprint density at radius 2 is 1.85 bits per heavy atom. The van der Waals surface area contributed by atoms with Gasteiger partial charge in [0.2, 0.25) is 0 Å². The minimum Gasteiger partial charge on any atom is -0.486 e. The number of ether oxygens (including phenoxy) is 2. The molecular formula is C25H24N4O3S. The Balaban J connectivity index is 1.27. The largest absolute Gasteiger partial charge is 0.486 e. The average Bonchev–Trinajstić information content (AvgIpc) is 3.43. The fraction of sp³-hybridized carbons (Fsp3) is 0.240. The van der Waals surface area contributed by atoms with Crippen LogP contribution in [0.5, 0.6) is 11.5 Å². The molecule has 7 nitrogen and oxygen atoms in total. The van der Waals surface area contributed by atoms with E-state index in [9.17, 15) is 4.79 Å². The highest BCUT2D eigenvalue weighted by Gasteiger charge is 2.24. The number of hydrogen-bond acceptors (Lipinski definition) is 6. The van der Waals surface area contributed by atoms with Crippen molar-refractivity contribution >= 4 is 17.5 Å². The molecule has 168 valence electrons. The summed E-state index contributed by atoms with van der Waals surface area (Å²) in [6.45, 7) is 5.09. The van der Waals surface area contributed by atoms with Crippen LogP contribution in [0.3, 0.4) is 0 Å². The first-order valence-electron chi connectivity index (χ1n) is 10.8. The standard InChI is InChI=1S/C25H24N4O3S/c1-17-12-21(18(2)28(17)13-20-14-31-23-10-6-7-11-24(23)32-20)22(30)15-33-25-27-26-16-29(25)19-8-4-3-5-9-19/h3-12,16,20H,13-15H2,1-2H3. The minimum absolute atomic E-state index is 0.0631. The molecule has 5 rings (SSSR count). The van der Waals surface area contributed by atoms with Gasteiger partial charge in [-0.1, -0.05) is 42.1 Å². The third kappa shape index (κ3) is 4.39. The molecule has 0 amide bonds. The van der Waals surface area contributed by atoms with E-state index in [1.807, 2.05) is 79.1 Å². The fourth-order valence-corrected chi connectivity index (χ4v) is 4.83. The molecule has 0 bridgehead atoms. The van der Waals surface area contributed by atoms with Gasteiger partial charge in [-0.2, -0.15) is 0 Å². The van der Waals surface area contributed by atoms with Gasteiger partial charge in [-0.3, -0.25) is 9.36 Å². The Morgan fingerprint density at radius 3 is 2.67 bits per heavy atom. The topological polar surface area (TPSA) is 71.2 Å². The zero-order valence-corrected chi connectivity index (χ0v) is 19.3. The van der Waals surface area contributed by atoms with E-state index in [1.165, 1.54) is 11.8 Å². The van der Waals surface area contributed by atoms with Crippen molar-refractivity contribution in [2.24, 2.45) is 0 Å². The first kappa shape index (κ1) is 21.3. The van der Waals surface area contributed by atoms with Crippen LogP contribution in [0.25, 0.3) is 5.69 Å². The van der Waals surface area contributed by atoms with E-state index in [0.29, 0.717) is 18.3 Å². The molecule has 0 radical (unpaired) electrons. The highest BCUT2D eigenvalue weighted by molar-refractivity contribution is 7.99. The summed E-state index contributed by atoms with van der Waals surface area (Å²) >= 11 is 1.39. The highest BCUT2D eigenvalue weighted by Crippen LogP contribution is 2.32. The van der Waals surface area contributed by atoms with Gasteiger partial charge in [0.05, 0.1) is 12.3 Å². The normalized spacial score (nSPS) is 14.9. The predicted molar refractivity (Wildman–Crippen MR) is 127 cm³/mol. The van der Waals surface area contributed by atoms with E-state index in [0.717, 1.165) is 34.1 Å². The molecule has 0 aliphatic carbocycles. The number of rotatable bonds is 7. The summed E-state index contributed by atoms with van der Waals surface area (Å²) in [4.78, 5) is 13.1. The van der Waals surface area contributed by atoms with Gasteiger partial charge in [0.25, 0.3) is 0 Å². The van der Waals surface area contributed by atoms with Gasteiger partial charge >= 0.3 is 0 Å². The molecule has 2 aromatic carbocycles. The summed E-state index contributed by atoms with van der Waals surface area (Å²) in [7, 11) is 0. The number of benzene rings is 2. The van der Waals surface area contributed by atoms with Gasteiger partial charge < -0.3 is 14.0 Å². The summed E-state index contributed by atoms with van der Waals surface area (Å²) in [5.41, 5.74) is 3.65. The molecule has 1 aliphatic rings. The van der Waals surface area contributed by atoms with Crippen LogP contribution in [0.4, 0.5) is 0 Å². The van der Waals surface area contributed by atoms with Gasteiger partial charge in [-0.15, -0.1) is 10.2 Å². The first-order chi connectivity index (χ1) is 16.1. The summed E-state index contributed by atoms with van der Waals surface area (Å²) in [5.74, 6) is 1.87. The average molecular weight is 461 g/mol. The molecule has 1 atom stereocenters. The molecule has 0 saturated heterocycles. The Morgan fingerprint density at radius 1 is 1.09 bits per heavy atom. The van der Waals surface area contributed by atoms with Crippen LogP contribution in [-0.2, 0) is 6.54 Å². The lowest BCUT2D eigenvalue weighted by molar-refractivity contribution is 0.0777. The molecule has 2 aromatic heterocycles. The maximum atomic E-state index is 13.1. The van der Waals surface area contributed by atoms with Crippen molar-refractivity contribution in [3.63, 3.8) is 0 Å². The van der Waals surface area contributed by atoms with Crippen LogP contribution in [0.2, 0.25) is 0 Å². The number of nitrogens with zero attached hydrogens (tertiary/aromatic N) is 4. The van der Waals surface area contributed by atoms with Crippen LogP contribution < -0.4 is 9.47 Å². The van der Waals surface area contributed by atoms with Crippen molar-refractivity contribution in [3.05, 3.63) is 83.9 Å². The number of hydrogen-bond donors (Lipinski definition) is 0. The van der Waals surface area contributed by atoms with Crippen LogP contribution in [0.1, 0.15) is 21.7 Å². The van der Waals surface area contributed by atoms with E-state index in [2.05, 4.69) is 14.8 Å². The number of carbonyl (C=O) groups excluding carboxylic acids is 1. The van der Waals surface area contributed by atoms with Gasteiger partial charge in [0.1, 0.15) is 12.9 Å². The van der Waals surface area contributed by atoms with E-state index in [-0.39, 0.29) is 17.6 Å². The molecule has 1 unspecified atom stereocenters. The van der Waals surface area contributed by atoms with Crippen molar-refractivity contribution in [2.75, 3.05) is 12.4 Å². The van der Waals surface area contributed by atoms with Gasteiger partial charge in [0, 0.05) is 22.6 Å². The van der Waals surface area contributed by atoms with Crippen molar-refractivity contribution in [1.29, 1.82) is 0 Å². The SMILES string of the molecule is Cc1cc(C(=O)CSc2nncn2-c2ccccc2)c(C)n1CC1COc2ccccc2O1. The quantitative estimate of drug-likeness (QED) is 0.299. The van der Waals surface area contributed by atoms with Crippen LogP contribution in [-0.4, -0.2) is 43.6 Å². The molecular weight excluding hydrogens is 436 g/mol. The molecule has 33 heavy (non-hydrogen) atoms. The lowest BCUT2D eigenvalue weighted by atomic mass is 10.2. The van der Waals surface area contributed by atoms with Crippen LogP contribution in [0, 0.1) is 13.8 Å². The van der Waals surface area contributed by atoms with E-state index < -0.39 is 0 Å². The van der Waals surface area contributed by atoms with Crippen molar-refractivity contribution in [2.45, 2.75) is 31.7 Å². The lowest BCUT2D eigenvalue weighted by Gasteiger charge is -2.27.